The van der Waals surface area contributed by atoms with Crippen molar-refractivity contribution in [2.75, 3.05) is 11.9 Å². The molecule has 5 nitrogen and oxygen atoms in total. The van der Waals surface area contributed by atoms with E-state index in [1.165, 1.54) is 6.20 Å². The van der Waals surface area contributed by atoms with Crippen molar-refractivity contribution in [3.8, 4) is 0 Å². The lowest BCUT2D eigenvalue weighted by atomic mass is 10.2. The molecule has 0 saturated heterocycles. The lowest BCUT2D eigenvalue weighted by molar-refractivity contribution is 0.0696. The van der Waals surface area contributed by atoms with E-state index in [0.29, 0.717) is 6.54 Å². The monoisotopic (exact) mass is 260 g/mol. The van der Waals surface area contributed by atoms with Gasteiger partial charge < -0.3 is 14.4 Å². The Morgan fingerprint density at radius 3 is 2.74 bits per heavy atom. The molecule has 2 aromatic rings. The Labute approximate surface area is 111 Å². The highest BCUT2D eigenvalue weighted by molar-refractivity contribution is 5.87. The Morgan fingerprint density at radius 1 is 1.47 bits per heavy atom. The molecular weight excluding hydrogens is 244 g/mol. The first-order chi connectivity index (χ1) is 8.99. The molecule has 0 amide bonds. The van der Waals surface area contributed by atoms with Gasteiger partial charge in [0.1, 0.15) is 11.6 Å². The summed E-state index contributed by atoms with van der Waals surface area (Å²) in [6, 6.07) is 3.55. The molecule has 0 aliphatic rings. The fraction of sp³-hybridized carbons (Fsp3) is 0.286. The molecule has 0 aliphatic carbocycles. The van der Waals surface area contributed by atoms with Gasteiger partial charge in [-0.2, -0.15) is 0 Å². The van der Waals surface area contributed by atoms with Gasteiger partial charge in [0, 0.05) is 25.4 Å². The second-order valence-electron chi connectivity index (χ2n) is 4.53. The van der Waals surface area contributed by atoms with Gasteiger partial charge in [0.2, 0.25) is 0 Å². The molecule has 19 heavy (non-hydrogen) atoms. The summed E-state index contributed by atoms with van der Waals surface area (Å²) in [6.45, 7) is 4.44. The summed E-state index contributed by atoms with van der Waals surface area (Å²) >= 11 is 0. The zero-order valence-corrected chi connectivity index (χ0v) is 11.2. The molecule has 0 fully saturated rings. The smallest absolute Gasteiger partial charge is 0.337 e. The van der Waals surface area contributed by atoms with Crippen molar-refractivity contribution in [3.63, 3.8) is 0 Å². The fourth-order valence-corrected chi connectivity index (χ4v) is 1.99. The number of nitrogens with zero attached hydrogens (tertiary/aromatic N) is 2. The number of carboxylic acid groups (broad SMARTS) is 1. The van der Waals surface area contributed by atoms with E-state index in [0.717, 1.165) is 22.7 Å². The predicted octanol–water partition coefficient (Wildman–Crippen LogP) is 2.63. The maximum Gasteiger partial charge on any atom is 0.337 e. The van der Waals surface area contributed by atoms with Gasteiger partial charge in [-0.25, -0.2) is 9.78 Å². The van der Waals surface area contributed by atoms with Crippen molar-refractivity contribution in [1.29, 1.82) is 0 Å². The van der Waals surface area contributed by atoms with Gasteiger partial charge in [-0.05, 0) is 31.5 Å². The van der Waals surface area contributed by atoms with Crippen molar-refractivity contribution in [1.82, 2.24) is 4.98 Å². The zero-order chi connectivity index (χ0) is 14.0. The van der Waals surface area contributed by atoms with Crippen molar-refractivity contribution in [2.24, 2.45) is 0 Å². The van der Waals surface area contributed by atoms with E-state index in [1.807, 2.05) is 31.9 Å². The van der Waals surface area contributed by atoms with Gasteiger partial charge in [0.15, 0.2) is 0 Å². The number of aryl methyl sites for hydroxylation is 2. The highest BCUT2D eigenvalue weighted by atomic mass is 16.4. The minimum absolute atomic E-state index is 0.203. The van der Waals surface area contributed by atoms with E-state index >= 15 is 0 Å². The van der Waals surface area contributed by atoms with Crippen molar-refractivity contribution < 1.29 is 14.3 Å². The molecule has 1 N–H and O–H groups in total. The molecule has 0 saturated carbocycles. The summed E-state index contributed by atoms with van der Waals surface area (Å²) in [5.41, 5.74) is 2.13. The molecule has 0 aromatic carbocycles. The van der Waals surface area contributed by atoms with Gasteiger partial charge in [-0.15, -0.1) is 0 Å². The van der Waals surface area contributed by atoms with Gasteiger partial charge in [-0.3, -0.25) is 0 Å². The van der Waals surface area contributed by atoms with Crippen LogP contribution < -0.4 is 4.90 Å². The van der Waals surface area contributed by atoms with Crippen LogP contribution in [0.2, 0.25) is 0 Å². The van der Waals surface area contributed by atoms with Gasteiger partial charge in [0.25, 0.3) is 0 Å². The molecule has 0 unspecified atom stereocenters. The highest BCUT2D eigenvalue weighted by Gasteiger charge is 2.12. The minimum atomic E-state index is -0.963. The number of pyridine rings is 1. The average Bonchev–Trinajstić information content (AvgIpc) is 2.74. The molecule has 2 heterocycles. The maximum atomic E-state index is 10.9. The maximum absolute atomic E-state index is 10.9. The van der Waals surface area contributed by atoms with Crippen molar-refractivity contribution in [3.05, 3.63) is 47.0 Å². The molecule has 100 valence electrons. The van der Waals surface area contributed by atoms with Crippen LogP contribution in [0.5, 0.6) is 0 Å². The number of carboxylic acids is 1. The van der Waals surface area contributed by atoms with Crippen LogP contribution in [0.1, 0.15) is 27.2 Å². The van der Waals surface area contributed by atoms with E-state index in [2.05, 4.69) is 4.98 Å². The largest absolute Gasteiger partial charge is 0.478 e. The second kappa shape index (κ2) is 5.14. The van der Waals surface area contributed by atoms with E-state index in [-0.39, 0.29) is 5.56 Å². The third kappa shape index (κ3) is 2.76. The van der Waals surface area contributed by atoms with Gasteiger partial charge in [-0.1, -0.05) is 0 Å². The molecule has 0 aliphatic heterocycles. The van der Waals surface area contributed by atoms with E-state index in [4.69, 9.17) is 9.52 Å². The summed E-state index contributed by atoms with van der Waals surface area (Å²) in [7, 11) is 1.92. The third-order valence-electron chi connectivity index (χ3n) is 3.03. The van der Waals surface area contributed by atoms with Crippen LogP contribution in [0.4, 0.5) is 5.82 Å². The fourth-order valence-electron chi connectivity index (χ4n) is 1.99. The van der Waals surface area contributed by atoms with Crippen LogP contribution in [0, 0.1) is 13.8 Å². The zero-order valence-electron chi connectivity index (χ0n) is 11.2. The lowest BCUT2D eigenvalue weighted by Gasteiger charge is -2.20. The number of hydrogen-bond acceptors (Lipinski definition) is 4. The molecular formula is C14H16N2O3. The van der Waals surface area contributed by atoms with E-state index in [9.17, 15) is 4.79 Å². The molecule has 0 radical (unpaired) electrons. The third-order valence-corrected chi connectivity index (χ3v) is 3.03. The quantitative estimate of drug-likeness (QED) is 0.915. The number of carbonyl (C=O) groups is 1. The Bertz CT molecular complexity index is 604. The Hall–Kier alpha value is -2.30. The van der Waals surface area contributed by atoms with Gasteiger partial charge in [0.05, 0.1) is 11.8 Å². The average molecular weight is 260 g/mol. The van der Waals surface area contributed by atoms with Crippen LogP contribution in [0.25, 0.3) is 0 Å². The Balaban J connectivity index is 2.22. The first-order valence-corrected chi connectivity index (χ1v) is 5.93. The number of hydrogen-bond donors (Lipinski definition) is 1. The summed E-state index contributed by atoms with van der Waals surface area (Å²) in [6.07, 6.45) is 3.04. The number of aromatic nitrogens is 1. The molecule has 0 atom stereocenters. The Kier molecular flexibility index (Phi) is 3.55. The number of aromatic carboxylic acids is 1. The molecule has 2 aromatic heterocycles. The first-order valence-electron chi connectivity index (χ1n) is 5.93. The lowest BCUT2D eigenvalue weighted by Crippen LogP contribution is -2.19. The minimum Gasteiger partial charge on any atom is -0.478 e. The second-order valence-corrected chi connectivity index (χ2v) is 4.53. The standard InChI is InChI=1S/C14H16N2O3/c1-9-6-12(14(17)18)7-15-13(9)16(3)8-11-4-5-19-10(11)2/h4-7H,8H2,1-3H3,(H,17,18). The highest BCUT2D eigenvalue weighted by Crippen LogP contribution is 2.20. The van der Waals surface area contributed by atoms with Crippen molar-refractivity contribution >= 4 is 11.8 Å². The summed E-state index contributed by atoms with van der Waals surface area (Å²) < 4.78 is 5.26. The topological polar surface area (TPSA) is 66.6 Å². The van der Waals surface area contributed by atoms with Gasteiger partial charge >= 0.3 is 5.97 Å². The molecule has 0 bridgehead atoms. The predicted molar refractivity (Wildman–Crippen MR) is 71.5 cm³/mol. The number of rotatable bonds is 4. The van der Waals surface area contributed by atoms with Crippen LogP contribution in [-0.2, 0) is 6.54 Å². The van der Waals surface area contributed by atoms with E-state index < -0.39 is 5.97 Å². The molecule has 0 spiro atoms. The summed E-state index contributed by atoms with van der Waals surface area (Å²) in [4.78, 5) is 17.1. The molecule has 5 heteroatoms. The Morgan fingerprint density at radius 2 is 2.21 bits per heavy atom. The summed E-state index contributed by atoms with van der Waals surface area (Å²) in [5.74, 6) is 0.688. The number of furan rings is 1. The molecule has 2 rings (SSSR count). The van der Waals surface area contributed by atoms with Crippen LogP contribution >= 0.6 is 0 Å². The van der Waals surface area contributed by atoms with Crippen LogP contribution in [0.3, 0.4) is 0 Å². The first kappa shape index (κ1) is 13.1. The van der Waals surface area contributed by atoms with Crippen LogP contribution in [-0.4, -0.2) is 23.1 Å². The van der Waals surface area contributed by atoms with Crippen LogP contribution in [0.15, 0.2) is 29.0 Å². The van der Waals surface area contributed by atoms with E-state index in [1.54, 1.807) is 12.3 Å². The normalized spacial score (nSPS) is 10.5. The summed E-state index contributed by atoms with van der Waals surface area (Å²) in [5, 5.41) is 8.92. The van der Waals surface area contributed by atoms with Crippen molar-refractivity contribution in [2.45, 2.75) is 20.4 Å². The SMILES string of the molecule is Cc1cc(C(=O)O)cnc1N(C)Cc1ccoc1C. The number of anilines is 1.